The van der Waals surface area contributed by atoms with Crippen LogP contribution in [0, 0.1) is 6.92 Å². The van der Waals surface area contributed by atoms with Crippen LogP contribution >= 0.6 is 27.5 Å². The summed E-state index contributed by atoms with van der Waals surface area (Å²) in [5.74, 6) is 0.696. The minimum absolute atomic E-state index is 0.558. The molecule has 0 aliphatic rings. The lowest BCUT2D eigenvalue weighted by Gasteiger charge is -2.17. The number of halogens is 2. The van der Waals surface area contributed by atoms with Crippen molar-refractivity contribution in [2.24, 2.45) is 0 Å². The zero-order valence-electron chi connectivity index (χ0n) is 11.4. The van der Waals surface area contributed by atoms with Crippen molar-refractivity contribution in [3.63, 3.8) is 0 Å². The Morgan fingerprint density at radius 2 is 2.00 bits per heavy atom. The molecule has 2 nitrogen and oxygen atoms in total. The van der Waals surface area contributed by atoms with Crippen LogP contribution in [0.4, 0.5) is 0 Å². The molecule has 106 valence electrons. The number of hydrogen-bond donors (Lipinski definition) is 1. The van der Waals surface area contributed by atoms with Crippen LogP contribution in [0.5, 0.6) is 5.75 Å². The van der Waals surface area contributed by atoms with Gasteiger partial charge >= 0.3 is 0 Å². The molecule has 0 aliphatic heterocycles. The van der Waals surface area contributed by atoms with Crippen molar-refractivity contribution >= 4 is 27.5 Å². The molecular formula is C16H16BrClO2. The lowest BCUT2D eigenvalue weighted by atomic mass is 9.99. The van der Waals surface area contributed by atoms with Crippen LogP contribution in [0.3, 0.4) is 0 Å². The molecular weight excluding hydrogens is 340 g/mol. The molecule has 1 unspecified atom stereocenters. The van der Waals surface area contributed by atoms with E-state index in [0.717, 1.165) is 21.2 Å². The highest BCUT2D eigenvalue weighted by molar-refractivity contribution is 9.10. The van der Waals surface area contributed by atoms with Crippen LogP contribution < -0.4 is 4.74 Å². The number of aliphatic hydroxyl groups is 1. The Labute approximate surface area is 132 Å². The SMILES string of the molecule is CCOc1ccc(C)cc1C(O)c1cc(Cl)cc(Br)c1. The van der Waals surface area contributed by atoms with Gasteiger partial charge in [-0.1, -0.05) is 39.2 Å². The fraction of sp³-hybridized carbons (Fsp3) is 0.250. The molecule has 0 aromatic heterocycles. The summed E-state index contributed by atoms with van der Waals surface area (Å²) in [6.45, 7) is 4.47. The lowest BCUT2D eigenvalue weighted by Crippen LogP contribution is -2.04. The summed E-state index contributed by atoms with van der Waals surface area (Å²) in [6, 6.07) is 11.2. The van der Waals surface area contributed by atoms with Gasteiger partial charge in [0.15, 0.2) is 0 Å². The third kappa shape index (κ3) is 3.54. The monoisotopic (exact) mass is 354 g/mol. The Morgan fingerprint density at radius 1 is 1.25 bits per heavy atom. The first-order valence-corrected chi connectivity index (χ1v) is 7.55. The van der Waals surface area contributed by atoms with Crippen LogP contribution in [0.25, 0.3) is 0 Å². The van der Waals surface area contributed by atoms with Crippen molar-refractivity contribution in [1.82, 2.24) is 0 Å². The van der Waals surface area contributed by atoms with Gasteiger partial charge in [-0.15, -0.1) is 0 Å². The first kappa shape index (κ1) is 15.4. The summed E-state index contributed by atoms with van der Waals surface area (Å²) in [4.78, 5) is 0. The molecule has 2 aromatic carbocycles. The Kier molecular flexibility index (Phi) is 5.08. The van der Waals surface area contributed by atoms with Crippen molar-refractivity contribution < 1.29 is 9.84 Å². The van der Waals surface area contributed by atoms with Crippen molar-refractivity contribution in [1.29, 1.82) is 0 Å². The van der Waals surface area contributed by atoms with Crippen molar-refractivity contribution in [2.45, 2.75) is 20.0 Å². The second kappa shape index (κ2) is 6.61. The Hall–Kier alpha value is -1.03. The van der Waals surface area contributed by atoms with Gasteiger partial charge in [-0.3, -0.25) is 0 Å². The smallest absolute Gasteiger partial charge is 0.125 e. The van der Waals surface area contributed by atoms with E-state index in [2.05, 4.69) is 15.9 Å². The number of benzene rings is 2. The van der Waals surface area contributed by atoms with Gasteiger partial charge in [0.1, 0.15) is 11.9 Å². The molecule has 0 bridgehead atoms. The minimum atomic E-state index is -0.772. The largest absolute Gasteiger partial charge is 0.493 e. The highest BCUT2D eigenvalue weighted by Crippen LogP contribution is 2.33. The fourth-order valence-electron chi connectivity index (χ4n) is 2.08. The molecule has 1 N–H and O–H groups in total. The first-order valence-electron chi connectivity index (χ1n) is 6.38. The van der Waals surface area contributed by atoms with E-state index >= 15 is 0 Å². The van der Waals surface area contributed by atoms with Gasteiger partial charge in [-0.25, -0.2) is 0 Å². The van der Waals surface area contributed by atoms with Gasteiger partial charge in [-0.2, -0.15) is 0 Å². The number of hydrogen-bond acceptors (Lipinski definition) is 2. The molecule has 4 heteroatoms. The zero-order valence-corrected chi connectivity index (χ0v) is 13.7. The summed E-state index contributed by atoms with van der Waals surface area (Å²) in [7, 11) is 0. The first-order chi connectivity index (χ1) is 9.51. The third-order valence-corrected chi connectivity index (χ3v) is 3.64. The highest BCUT2D eigenvalue weighted by atomic mass is 79.9. The Bertz CT molecular complexity index is 593. The van der Waals surface area contributed by atoms with Gasteiger partial charge in [0.25, 0.3) is 0 Å². The number of rotatable bonds is 4. The molecule has 20 heavy (non-hydrogen) atoms. The topological polar surface area (TPSA) is 29.5 Å². The minimum Gasteiger partial charge on any atom is -0.493 e. The highest BCUT2D eigenvalue weighted by Gasteiger charge is 2.17. The van der Waals surface area contributed by atoms with Crippen molar-refractivity contribution in [3.8, 4) is 5.75 Å². The average Bonchev–Trinajstić information content (AvgIpc) is 2.39. The standard InChI is InChI=1S/C16H16BrClO2/c1-3-20-15-5-4-10(2)6-14(15)16(19)11-7-12(17)9-13(18)8-11/h4-9,16,19H,3H2,1-2H3. The Morgan fingerprint density at radius 3 is 2.65 bits per heavy atom. The van der Waals surface area contributed by atoms with Gasteiger partial charge < -0.3 is 9.84 Å². The molecule has 1 atom stereocenters. The number of aryl methyl sites for hydroxylation is 1. The zero-order chi connectivity index (χ0) is 14.7. The van der Waals surface area contributed by atoms with Crippen molar-refractivity contribution in [2.75, 3.05) is 6.61 Å². The second-order valence-corrected chi connectivity index (χ2v) is 5.93. The summed E-state index contributed by atoms with van der Waals surface area (Å²) in [5, 5.41) is 11.2. The van der Waals surface area contributed by atoms with E-state index in [1.807, 2.05) is 38.1 Å². The molecule has 0 amide bonds. The summed E-state index contributed by atoms with van der Waals surface area (Å²) < 4.78 is 6.43. The summed E-state index contributed by atoms with van der Waals surface area (Å²) in [5.41, 5.74) is 2.56. The fourth-order valence-corrected chi connectivity index (χ4v) is 2.97. The molecule has 0 heterocycles. The number of aliphatic hydroxyl groups excluding tert-OH is 1. The molecule has 0 spiro atoms. The predicted molar refractivity (Wildman–Crippen MR) is 85.6 cm³/mol. The third-order valence-electron chi connectivity index (χ3n) is 2.96. The average molecular weight is 356 g/mol. The molecule has 2 rings (SSSR count). The van der Waals surface area contributed by atoms with E-state index in [1.165, 1.54) is 0 Å². The van der Waals surface area contributed by atoms with Crippen LogP contribution in [0.1, 0.15) is 29.7 Å². The van der Waals surface area contributed by atoms with Crippen LogP contribution in [0.2, 0.25) is 5.02 Å². The van der Waals surface area contributed by atoms with E-state index in [0.29, 0.717) is 17.4 Å². The normalized spacial score (nSPS) is 12.2. The second-order valence-electron chi connectivity index (χ2n) is 4.58. The maximum absolute atomic E-state index is 10.6. The van der Waals surface area contributed by atoms with E-state index < -0.39 is 6.10 Å². The maximum atomic E-state index is 10.6. The lowest BCUT2D eigenvalue weighted by molar-refractivity contribution is 0.212. The van der Waals surface area contributed by atoms with Gasteiger partial charge in [0.2, 0.25) is 0 Å². The van der Waals surface area contributed by atoms with E-state index in [9.17, 15) is 5.11 Å². The van der Waals surface area contributed by atoms with E-state index in [-0.39, 0.29) is 0 Å². The van der Waals surface area contributed by atoms with Gasteiger partial charge in [-0.05, 0) is 49.7 Å². The Balaban J connectivity index is 2.46. The van der Waals surface area contributed by atoms with Crippen LogP contribution in [-0.4, -0.2) is 11.7 Å². The van der Waals surface area contributed by atoms with E-state index in [1.54, 1.807) is 12.1 Å². The molecule has 0 saturated carbocycles. The predicted octanol–water partition coefficient (Wildman–Crippen LogP) is 4.89. The van der Waals surface area contributed by atoms with Gasteiger partial charge in [0, 0.05) is 15.1 Å². The number of ether oxygens (including phenoxy) is 1. The van der Waals surface area contributed by atoms with Crippen LogP contribution in [-0.2, 0) is 0 Å². The molecule has 0 fully saturated rings. The summed E-state index contributed by atoms with van der Waals surface area (Å²) in [6.07, 6.45) is -0.772. The molecule has 0 saturated heterocycles. The molecule has 2 aromatic rings. The molecule has 0 aliphatic carbocycles. The van der Waals surface area contributed by atoms with E-state index in [4.69, 9.17) is 16.3 Å². The maximum Gasteiger partial charge on any atom is 0.125 e. The summed E-state index contributed by atoms with van der Waals surface area (Å²) >= 11 is 9.43. The molecule has 0 radical (unpaired) electrons. The quantitative estimate of drug-likeness (QED) is 0.846. The van der Waals surface area contributed by atoms with Crippen LogP contribution in [0.15, 0.2) is 40.9 Å². The van der Waals surface area contributed by atoms with Crippen molar-refractivity contribution in [3.05, 3.63) is 62.6 Å². The van der Waals surface area contributed by atoms with Gasteiger partial charge in [0.05, 0.1) is 6.61 Å².